The van der Waals surface area contributed by atoms with Crippen LogP contribution in [0.3, 0.4) is 0 Å². The van der Waals surface area contributed by atoms with E-state index in [0.717, 1.165) is 44.9 Å². The van der Waals surface area contributed by atoms with Gasteiger partial charge >= 0.3 is 0 Å². The van der Waals surface area contributed by atoms with Crippen molar-refractivity contribution in [1.82, 2.24) is 0 Å². The summed E-state index contributed by atoms with van der Waals surface area (Å²) in [5, 5.41) is 0. The maximum Gasteiger partial charge on any atom is 0.114 e. The zero-order valence-electron chi connectivity index (χ0n) is 14.5. The zero-order chi connectivity index (χ0) is 18.5. The Balaban J connectivity index is 1.78. The molecule has 0 aliphatic rings. The van der Waals surface area contributed by atoms with Gasteiger partial charge in [0.15, 0.2) is 0 Å². The molecule has 0 aromatic heterocycles. The molecule has 0 aliphatic carbocycles. The maximum absolute atomic E-state index is 6.27. The molecule has 4 heteroatoms. The lowest BCUT2D eigenvalue weighted by atomic mass is 9.79. The molecule has 0 saturated heterocycles. The predicted octanol–water partition coefficient (Wildman–Crippen LogP) is 2.79. The summed E-state index contributed by atoms with van der Waals surface area (Å²) in [5.41, 5.74) is 6.39. The van der Waals surface area contributed by atoms with Gasteiger partial charge in [-0.3, -0.25) is 0 Å². The van der Waals surface area contributed by atoms with E-state index in [1.54, 1.807) is 0 Å². The predicted molar refractivity (Wildman–Crippen MR) is 120 cm³/mol. The Morgan fingerprint density at radius 2 is 1.31 bits per heavy atom. The van der Waals surface area contributed by atoms with Gasteiger partial charge in [0, 0.05) is 4.47 Å². The summed E-state index contributed by atoms with van der Waals surface area (Å²) in [5.74, 6) is 0. The van der Waals surface area contributed by atoms with Crippen molar-refractivity contribution in [2.45, 2.75) is 12.8 Å². The summed E-state index contributed by atoms with van der Waals surface area (Å²) in [7, 11) is 18.5. The van der Waals surface area contributed by atoms with Crippen molar-refractivity contribution in [1.29, 1.82) is 0 Å². The molecular formula is C22H16B3Br. The molecule has 0 unspecified atom stereocenters. The number of aryl methyl sites for hydroxylation is 2. The fraction of sp³-hybridized carbons (Fsp3) is 0.0909. The van der Waals surface area contributed by atoms with E-state index in [1.807, 2.05) is 60.7 Å². The van der Waals surface area contributed by atoms with Gasteiger partial charge < -0.3 is 0 Å². The first-order valence-electron chi connectivity index (χ1n) is 8.48. The largest absolute Gasteiger partial charge is 0.114 e. The van der Waals surface area contributed by atoms with Crippen molar-refractivity contribution >= 4 is 68.0 Å². The Bertz CT molecular complexity index is 948. The number of benzene rings is 3. The molecule has 3 aromatic rings. The highest BCUT2D eigenvalue weighted by Crippen LogP contribution is 2.17. The van der Waals surface area contributed by atoms with E-state index in [0.29, 0.717) is 5.46 Å². The minimum Gasteiger partial charge on any atom is -0.0930 e. The van der Waals surface area contributed by atoms with E-state index >= 15 is 0 Å². The van der Waals surface area contributed by atoms with Crippen LogP contribution in [0.2, 0.25) is 0 Å². The quantitative estimate of drug-likeness (QED) is 0.463. The van der Waals surface area contributed by atoms with Crippen LogP contribution in [0.5, 0.6) is 0 Å². The van der Waals surface area contributed by atoms with Crippen LogP contribution in [0.25, 0.3) is 12.2 Å². The molecule has 0 nitrogen and oxygen atoms in total. The van der Waals surface area contributed by atoms with Crippen LogP contribution in [-0.2, 0) is 12.8 Å². The van der Waals surface area contributed by atoms with Crippen LogP contribution in [0.15, 0.2) is 65.1 Å². The highest BCUT2D eigenvalue weighted by Gasteiger charge is 2.05. The Morgan fingerprint density at radius 1 is 0.654 bits per heavy atom. The lowest BCUT2D eigenvalue weighted by Gasteiger charge is -2.12. The summed E-state index contributed by atoms with van der Waals surface area (Å²) in [6.07, 6.45) is 5.66. The van der Waals surface area contributed by atoms with Crippen LogP contribution in [-0.4, -0.2) is 23.5 Å². The van der Waals surface area contributed by atoms with Crippen molar-refractivity contribution in [2.75, 3.05) is 0 Å². The van der Waals surface area contributed by atoms with Crippen LogP contribution in [0.4, 0.5) is 0 Å². The topological polar surface area (TPSA) is 0 Å². The average Bonchev–Trinajstić information content (AvgIpc) is 2.63. The van der Waals surface area contributed by atoms with Crippen LogP contribution in [0, 0.1) is 0 Å². The molecule has 3 rings (SSSR count). The van der Waals surface area contributed by atoms with E-state index in [2.05, 4.69) is 28.1 Å². The van der Waals surface area contributed by atoms with Crippen LogP contribution < -0.4 is 16.4 Å². The number of hydrogen-bond donors (Lipinski definition) is 0. The van der Waals surface area contributed by atoms with E-state index < -0.39 is 0 Å². The van der Waals surface area contributed by atoms with Crippen LogP contribution >= 0.6 is 15.9 Å². The molecule has 0 fully saturated rings. The van der Waals surface area contributed by atoms with Crippen molar-refractivity contribution in [2.24, 2.45) is 0 Å². The Kier molecular flexibility index (Phi) is 6.27. The third-order valence-corrected chi connectivity index (χ3v) is 5.18. The van der Waals surface area contributed by atoms with Gasteiger partial charge in [-0.1, -0.05) is 105 Å². The minimum atomic E-state index is 0.715. The highest BCUT2D eigenvalue weighted by atomic mass is 79.9. The van der Waals surface area contributed by atoms with Gasteiger partial charge in [-0.15, -0.1) is 0 Å². The molecule has 0 heterocycles. The first-order chi connectivity index (χ1) is 12.5. The monoisotopic (exact) mass is 392 g/mol. The van der Waals surface area contributed by atoms with Gasteiger partial charge in [0.25, 0.3) is 0 Å². The van der Waals surface area contributed by atoms with Gasteiger partial charge in [0.1, 0.15) is 23.5 Å². The molecule has 0 N–H and O–H groups in total. The lowest BCUT2D eigenvalue weighted by Crippen LogP contribution is -2.20. The van der Waals surface area contributed by atoms with Gasteiger partial charge in [-0.05, 0) is 35.6 Å². The SMILES string of the molecule is [B]c1ccccc1C=Cc1cc([B])c(CCc2ccccc2Br)cc1[B]. The van der Waals surface area contributed by atoms with Crippen molar-refractivity contribution in [3.05, 3.63) is 87.4 Å². The van der Waals surface area contributed by atoms with Gasteiger partial charge in [0.2, 0.25) is 0 Å². The lowest BCUT2D eigenvalue weighted by molar-refractivity contribution is 0.961. The normalized spacial score (nSPS) is 11.1. The fourth-order valence-electron chi connectivity index (χ4n) is 2.87. The average molecular weight is 393 g/mol. The van der Waals surface area contributed by atoms with E-state index in [-0.39, 0.29) is 0 Å². The molecule has 0 aliphatic heterocycles. The second-order valence-electron chi connectivity index (χ2n) is 6.23. The maximum atomic E-state index is 6.27. The molecule has 26 heavy (non-hydrogen) atoms. The second kappa shape index (κ2) is 8.64. The summed E-state index contributed by atoms with van der Waals surface area (Å²) >= 11 is 3.59. The van der Waals surface area contributed by atoms with Crippen molar-refractivity contribution in [3.8, 4) is 0 Å². The highest BCUT2D eigenvalue weighted by molar-refractivity contribution is 9.10. The summed E-state index contributed by atoms with van der Waals surface area (Å²) in [6.45, 7) is 0. The standard InChI is InChI=1S/C22H16B3Br/c23-19-7-3-1-5-15(19)9-11-17-13-21(25)18(14-20(17)24)12-10-16-6-2-4-8-22(16)26/h1-9,11,13-14H,10,12H2. The number of rotatable bonds is 5. The summed E-state index contributed by atoms with van der Waals surface area (Å²) in [6, 6.07) is 19.8. The Morgan fingerprint density at radius 3 is 2.08 bits per heavy atom. The molecule has 0 amide bonds. The van der Waals surface area contributed by atoms with E-state index in [9.17, 15) is 0 Å². The second-order valence-corrected chi connectivity index (χ2v) is 7.09. The molecular weight excluding hydrogens is 377 g/mol. The Labute approximate surface area is 168 Å². The minimum absolute atomic E-state index is 0.715. The third kappa shape index (κ3) is 4.62. The fourth-order valence-corrected chi connectivity index (χ4v) is 3.35. The van der Waals surface area contributed by atoms with Gasteiger partial charge in [-0.25, -0.2) is 0 Å². The van der Waals surface area contributed by atoms with Gasteiger partial charge in [-0.2, -0.15) is 0 Å². The van der Waals surface area contributed by atoms with Crippen molar-refractivity contribution in [3.63, 3.8) is 0 Å². The molecule has 6 radical (unpaired) electrons. The number of hydrogen-bond acceptors (Lipinski definition) is 0. The van der Waals surface area contributed by atoms with E-state index in [1.165, 1.54) is 5.56 Å². The van der Waals surface area contributed by atoms with Crippen molar-refractivity contribution < 1.29 is 0 Å². The first kappa shape index (κ1) is 18.9. The molecule has 3 aromatic carbocycles. The summed E-state index contributed by atoms with van der Waals surface area (Å²) < 4.78 is 1.12. The molecule has 120 valence electrons. The third-order valence-electron chi connectivity index (χ3n) is 4.40. The van der Waals surface area contributed by atoms with E-state index in [4.69, 9.17) is 23.5 Å². The molecule has 0 atom stereocenters. The molecule has 0 bridgehead atoms. The first-order valence-corrected chi connectivity index (χ1v) is 9.28. The molecule has 0 spiro atoms. The zero-order valence-corrected chi connectivity index (χ0v) is 16.0. The smallest absolute Gasteiger partial charge is 0.0930 e. The molecule has 0 saturated carbocycles. The summed E-state index contributed by atoms with van der Waals surface area (Å²) in [4.78, 5) is 0. The Hall–Kier alpha value is -1.93. The van der Waals surface area contributed by atoms with Crippen LogP contribution in [0.1, 0.15) is 22.3 Å². The number of halogens is 1. The van der Waals surface area contributed by atoms with Gasteiger partial charge in [0.05, 0.1) is 0 Å².